The normalized spacial score (nSPS) is 22.4. The van der Waals surface area contributed by atoms with Crippen LogP contribution in [-0.2, 0) is 4.79 Å². The van der Waals surface area contributed by atoms with Gasteiger partial charge in [-0.2, -0.15) is 0 Å². The van der Waals surface area contributed by atoms with Crippen LogP contribution in [0.1, 0.15) is 33.6 Å². The summed E-state index contributed by atoms with van der Waals surface area (Å²) in [4.78, 5) is 27.5. The Hall–Kier alpha value is -1.30. The first-order valence-corrected chi connectivity index (χ1v) is 7.29. The molecule has 0 aromatic rings. The second-order valence-corrected chi connectivity index (χ2v) is 6.13. The van der Waals surface area contributed by atoms with E-state index in [0.29, 0.717) is 13.0 Å². The van der Waals surface area contributed by atoms with Crippen LogP contribution in [0.15, 0.2) is 0 Å². The number of aliphatic carboxylic acids is 1. The van der Waals surface area contributed by atoms with Gasteiger partial charge in [-0.3, -0.25) is 0 Å². The maximum absolute atomic E-state index is 12.3. The van der Waals surface area contributed by atoms with Crippen molar-refractivity contribution < 1.29 is 14.7 Å². The molecule has 1 aliphatic heterocycles. The summed E-state index contributed by atoms with van der Waals surface area (Å²) in [6, 6.07) is -0.979. The molecule has 0 aromatic heterocycles. The number of likely N-dealkylation sites (N-methyl/N-ethyl adjacent to an activating group) is 1. The summed E-state index contributed by atoms with van der Waals surface area (Å²) in [7, 11) is 2.04. The topological polar surface area (TPSA) is 72.9 Å². The molecule has 0 bridgehead atoms. The van der Waals surface area contributed by atoms with Crippen LogP contribution in [0.25, 0.3) is 0 Å². The first-order chi connectivity index (χ1) is 9.31. The maximum Gasteiger partial charge on any atom is 0.326 e. The van der Waals surface area contributed by atoms with Gasteiger partial charge in [0, 0.05) is 19.1 Å². The number of hydrogen-bond donors (Lipinski definition) is 2. The van der Waals surface area contributed by atoms with E-state index < -0.39 is 12.0 Å². The van der Waals surface area contributed by atoms with Crippen LogP contribution in [0.2, 0.25) is 0 Å². The fourth-order valence-electron chi connectivity index (χ4n) is 2.60. The second kappa shape index (κ2) is 7.47. The molecule has 2 unspecified atom stereocenters. The molecule has 1 rings (SSSR count). The van der Waals surface area contributed by atoms with E-state index in [9.17, 15) is 14.7 Å². The third kappa shape index (κ3) is 5.00. The highest BCUT2D eigenvalue weighted by Crippen LogP contribution is 2.11. The second-order valence-electron chi connectivity index (χ2n) is 6.13. The fourth-order valence-corrected chi connectivity index (χ4v) is 2.60. The number of nitrogens with zero attached hydrogens (tertiary/aromatic N) is 2. The Kier molecular flexibility index (Phi) is 6.26. The molecule has 6 heteroatoms. The maximum atomic E-state index is 12.3. The SMILES string of the molecule is CC(C)CC(NC(=O)N1CCCN(C)CC1C)C(=O)O. The molecular formula is C14H27N3O3. The van der Waals surface area contributed by atoms with Crippen molar-refractivity contribution in [2.24, 2.45) is 5.92 Å². The number of hydrogen-bond acceptors (Lipinski definition) is 3. The lowest BCUT2D eigenvalue weighted by atomic mass is 10.0. The lowest BCUT2D eigenvalue weighted by Crippen LogP contribution is -2.52. The van der Waals surface area contributed by atoms with E-state index in [2.05, 4.69) is 10.2 Å². The van der Waals surface area contributed by atoms with Crippen LogP contribution in [0, 0.1) is 5.92 Å². The highest BCUT2D eigenvalue weighted by atomic mass is 16.4. The summed E-state index contributed by atoms with van der Waals surface area (Å²) >= 11 is 0. The molecule has 1 fully saturated rings. The van der Waals surface area contributed by atoms with Crippen molar-refractivity contribution in [2.45, 2.75) is 45.7 Å². The van der Waals surface area contributed by atoms with Gasteiger partial charge in [-0.05, 0) is 39.3 Å². The van der Waals surface area contributed by atoms with Gasteiger partial charge in [-0.25, -0.2) is 9.59 Å². The average molecular weight is 285 g/mol. The van der Waals surface area contributed by atoms with Crippen molar-refractivity contribution in [3.05, 3.63) is 0 Å². The molecular weight excluding hydrogens is 258 g/mol. The molecule has 6 nitrogen and oxygen atoms in total. The lowest BCUT2D eigenvalue weighted by molar-refractivity contribution is -0.139. The summed E-state index contributed by atoms with van der Waals surface area (Å²) in [6.07, 6.45) is 1.36. The third-order valence-corrected chi connectivity index (χ3v) is 3.61. The summed E-state index contributed by atoms with van der Waals surface area (Å²) < 4.78 is 0. The number of carbonyl (C=O) groups is 2. The van der Waals surface area contributed by atoms with Gasteiger partial charge in [0.15, 0.2) is 0 Å². The van der Waals surface area contributed by atoms with Crippen LogP contribution >= 0.6 is 0 Å². The van der Waals surface area contributed by atoms with Gasteiger partial charge in [0.2, 0.25) is 0 Å². The van der Waals surface area contributed by atoms with Crippen molar-refractivity contribution >= 4 is 12.0 Å². The van der Waals surface area contributed by atoms with Gasteiger partial charge < -0.3 is 20.2 Å². The van der Waals surface area contributed by atoms with Crippen molar-refractivity contribution in [2.75, 3.05) is 26.7 Å². The Labute approximate surface area is 121 Å². The molecule has 2 amide bonds. The number of carbonyl (C=O) groups excluding carboxylic acids is 1. The number of rotatable bonds is 4. The van der Waals surface area contributed by atoms with E-state index in [-0.39, 0.29) is 18.0 Å². The van der Waals surface area contributed by atoms with Crippen molar-refractivity contribution in [3.8, 4) is 0 Å². The Bertz CT molecular complexity index is 347. The zero-order valence-corrected chi connectivity index (χ0v) is 12.9. The Morgan fingerprint density at radius 1 is 1.35 bits per heavy atom. The number of carboxylic acid groups (broad SMARTS) is 1. The van der Waals surface area contributed by atoms with Gasteiger partial charge >= 0.3 is 12.0 Å². The summed E-state index contributed by atoms with van der Waals surface area (Å²) in [5.74, 6) is -0.740. The summed E-state index contributed by atoms with van der Waals surface area (Å²) in [6.45, 7) is 8.35. The minimum absolute atomic E-state index is 0.0935. The van der Waals surface area contributed by atoms with Crippen LogP contribution in [0.3, 0.4) is 0 Å². The van der Waals surface area contributed by atoms with Crippen molar-refractivity contribution in [3.63, 3.8) is 0 Å². The van der Waals surface area contributed by atoms with Gasteiger partial charge in [-0.1, -0.05) is 13.8 Å². The molecule has 0 aromatic carbocycles. The van der Waals surface area contributed by atoms with Gasteiger partial charge in [0.1, 0.15) is 6.04 Å². The number of urea groups is 1. The van der Waals surface area contributed by atoms with E-state index in [1.165, 1.54) is 0 Å². The van der Waals surface area contributed by atoms with Crippen LogP contribution in [0.5, 0.6) is 0 Å². The van der Waals surface area contributed by atoms with Crippen molar-refractivity contribution in [1.82, 2.24) is 15.1 Å². The average Bonchev–Trinajstić information content (AvgIpc) is 2.48. The zero-order valence-electron chi connectivity index (χ0n) is 12.9. The molecule has 2 atom stereocenters. The molecule has 1 heterocycles. The Balaban J connectivity index is 2.65. The third-order valence-electron chi connectivity index (χ3n) is 3.61. The fraction of sp³-hybridized carbons (Fsp3) is 0.857. The summed E-state index contributed by atoms with van der Waals surface area (Å²) in [5.41, 5.74) is 0. The minimum Gasteiger partial charge on any atom is -0.480 e. The smallest absolute Gasteiger partial charge is 0.326 e. The molecule has 2 N–H and O–H groups in total. The molecule has 20 heavy (non-hydrogen) atoms. The van der Waals surface area contributed by atoms with Crippen LogP contribution in [-0.4, -0.2) is 65.7 Å². The largest absolute Gasteiger partial charge is 0.480 e. The van der Waals surface area contributed by atoms with E-state index in [0.717, 1.165) is 19.5 Å². The van der Waals surface area contributed by atoms with Crippen molar-refractivity contribution in [1.29, 1.82) is 0 Å². The van der Waals surface area contributed by atoms with E-state index >= 15 is 0 Å². The van der Waals surface area contributed by atoms with E-state index in [1.807, 2.05) is 27.8 Å². The highest BCUT2D eigenvalue weighted by molar-refractivity contribution is 5.82. The highest BCUT2D eigenvalue weighted by Gasteiger charge is 2.28. The first kappa shape index (κ1) is 16.8. The van der Waals surface area contributed by atoms with E-state index in [4.69, 9.17) is 0 Å². The predicted molar refractivity (Wildman–Crippen MR) is 77.7 cm³/mol. The molecule has 1 aliphatic rings. The Morgan fingerprint density at radius 2 is 2.00 bits per heavy atom. The lowest BCUT2D eigenvalue weighted by Gasteiger charge is -2.29. The van der Waals surface area contributed by atoms with Crippen LogP contribution < -0.4 is 5.32 Å². The molecule has 0 aliphatic carbocycles. The number of carboxylic acids is 1. The molecule has 0 spiro atoms. The standard InChI is InChI=1S/C14H27N3O3/c1-10(2)8-12(13(18)19)15-14(20)17-7-5-6-16(4)9-11(17)3/h10-12H,5-9H2,1-4H3,(H,15,20)(H,18,19). The monoisotopic (exact) mass is 285 g/mol. The summed E-state index contributed by atoms with van der Waals surface area (Å²) in [5, 5.41) is 11.9. The number of nitrogens with one attached hydrogen (secondary N) is 1. The minimum atomic E-state index is -0.966. The zero-order chi connectivity index (χ0) is 15.3. The Morgan fingerprint density at radius 3 is 2.55 bits per heavy atom. The van der Waals surface area contributed by atoms with Gasteiger partial charge in [0.25, 0.3) is 0 Å². The molecule has 0 radical (unpaired) electrons. The van der Waals surface area contributed by atoms with Crippen LogP contribution in [0.4, 0.5) is 4.79 Å². The number of amides is 2. The predicted octanol–water partition coefficient (Wildman–Crippen LogP) is 1.22. The molecule has 0 saturated carbocycles. The molecule has 116 valence electrons. The quantitative estimate of drug-likeness (QED) is 0.814. The van der Waals surface area contributed by atoms with Gasteiger partial charge in [-0.15, -0.1) is 0 Å². The van der Waals surface area contributed by atoms with E-state index in [1.54, 1.807) is 4.90 Å². The molecule has 1 saturated heterocycles. The van der Waals surface area contributed by atoms with Gasteiger partial charge in [0.05, 0.1) is 0 Å². The first-order valence-electron chi connectivity index (χ1n) is 7.29.